The first-order chi connectivity index (χ1) is 18.7. The van der Waals surface area contributed by atoms with Gasteiger partial charge in [-0.1, -0.05) is 58.0 Å². The highest BCUT2D eigenvalue weighted by atomic mass is 32.1. The van der Waals surface area contributed by atoms with E-state index >= 15 is 0 Å². The smallest absolute Gasteiger partial charge is 0.339 e. The first-order valence-electron chi connectivity index (χ1n) is 13.3. The molecule has 8 heteroatoms. The summed E-state index contributed by atoms with van der Waals surface area (Å²) in [5, 5.41) is 13.3. The highest BCUT2D eigenvalue weighted by molar-refractivity contribution is 7.16. The molecule has 0 saturated heterocycles. The molecule has 2 N–H and O–H groups in total. The number of nitrogens with zero attached hydrogens (tertiary/aromatic N) is 2. The van der Waals surface area contributed by atoms with Gasteiger partial charge in [-0.2, -0.15) is 5.26 Å². The lowest BCUT2D eigenvalue weighted by Gasteiger charge is -2.33. The topological polar surface area (TPSA) is 108 Å². The van der Waals surface area contributed by atoms with Crippen LogP contribution < -0.4 is 5.32 Å². The zero-order valence-electron chi connectivity index (χ0n) is 22.6. The second-order valence-corrected chi connectivity index (χ2v) is 12.2. The van der Waals surface area contributed by atoms with E-state index in [2.05, 4.69) is 42.1 Å². The summed E-state index contributed by atoms with van der Waals surface area (Å²) < 4.78 is 5.72. The minimum Gasteiger partial charge on any atom is -0.449 e. The third-order valence-electron chi connectivity index (χ3n) is 7.54. The number of carbonyl (C=O) groups is 2. The maximum absolute atomic E-state index is 13.3. The molecule has 4 aromatic rings. The van der Waals surface area contributed by atoms with Crippen molar-refractivity contribution in [1.29, 1.82) is 5.26 Å². The molecule has 0 saturated carbocycles. The number of aromatic amines is 1. The van der Waals surface area contributed by atoms with E-state index in [0.717, 1.165) is 40.7 Å². The molecule has 1 aliphatic rings. The number of imidazole rings is 1. The summed E-state index contributed by atoms with van der Waals surface area (Å²) in [6.45, 7) is 8.53. The third-order valence-corrected chi connectivity index (χ3v) is 8.71. The number of ether oxygens (including phenoxy) is 1. The van der Waals surface area contributed by atoms with Crippen molar-refractivity contribution in [1.82, 2.24) is 9.97 Å². The van der Waals surface area contributed by atoms with E-state index in [1.165, 1.54) is 11.3 Å². The van der Waals surface area contributed by atoms with Crippen molar-refractivity contribution in [3.05, 3.63) is 70.1 Å². The first-order valence-corrected chi connectivity index (χ1v) is 14.1. The van der Waals surface area contributed by atoms with Crippen molar-refractivity contribution in [2.24, 2.45) is 11.3 Å². The lowest BCUT2D eigenvalue weighted by atomic mass is 9.72. The largest absolute Gasteiger partial charge is 0.449 e. The average Bonchev–Trinajstić information content (AvgIpc) is 3.51. The van der Waals surface area contributed by atoms with Crippen LogP contribution in [0.2, 0.25) is 0 Å². The second kappa shape index (κ2) is 10.7. The Morgan fingerprint density at radius 3 is 2.67 bits per heavy atom. The molecule has 2 atom stereocenters. The number of H-pyrrole nitrogens is 1. The Bertz CT molecular complexity index is 1550. The van der Waals surface area contributed by atoms with Crippen LogP contribution in [0, 0.1) is 22.7 Å². The quantitative estimate of drug-likeness (QED) is 0.259. The van der Waals surface area contributed by atoms with E-state index in [1.54, 1.807) is 25.1 Å². The zero-order valence-corrected chi connectivity index (χ0v) is 23.4. The molecule has 1 amide bonds. The normalized spacial score (nSPS) is 15.8. The van der Waals surface area contributed by atoms with Crippen LogP contribution in [0.4, 0.5) is 5.00 Å². The van der Waals surface area contributed by atoms with Gasteiger partial charge in [-0.15, -0.1) is 11.3 Å². The molecule has 0 fully saturated rings. The predicted molar refractivity (Wildman–Crippen MR) is 154 cm³/mol. The van der Waals surface area contributed by atoms with Crippen LogP contribution in [0.3, 0.4) is 0 Å². The Hall–Kier alpha value is -3.96. The van der Waals surface area contributed by atoms with Crippen LogP contribution in [-0.4, -0.2) is 27.9 Å². The Kier molecular flexibility index (Phi) is 7.28. The summed E-state index contributed by atoms with van der Waals surface area (Å²) in [5.74, 6) is 0.0362. The number of nitriles is 1. The second-order valence-electron chi connectivity index (χ2n) is 11.1. The Balaban J connectivity index is 1.34. The fourth-order valence-corrected chi connectivity index (χ4v) is 6.47. The Morgan fingerprint density at radius 2 is 1.95 bits per heavy atom. The van der Waals surface area contributed by atoms with Gasteiger partial charge in [-0.05, 0) is 60.8 Å². The molecule has 0 radical (unpaired) electrons. The molecule has 2 aromatic heterocycles. The molecule has 5 rings (SSSR count). The van der Waals surface area contributed by atoms with Crippen LogP contribution >= 0.6 is 11.3 Å². The lowest BCUT2D eigenvalue weighted by Crippen LogP contribution is -2.32. The SMILES string of the molecule is CCC(OC(=O)c1ccccc1-c1nc2ccccc2[nH]1)C(=O)Nc1sc2c(c1C#N)CCC(C(C)(C)C)C2. The molecule has 1 aliphatic carbocycles. The first kappa shape index (κ1) is 26.6. The number of thiophene rings is 1. The van der Waals surface area contributed by atoms with E-state index in [9.17, 15) is 14.9 Å². The number of para-hydroxylation sites is 2. The van der Waals surface area contributed by atoms with E-state index < -0.39 is 18.0 Å². The number of aromatic nitrogens is 2. The van der Waals surface area contributed by atoms with Crippen molar-refractivity contribution in [2.45, 2.75) is 59.5 Å². The van der Waals surface area contributed by atoms with Gasteiger partial charge in [0.2, 0.25) is 0 Å². The number of fused-ring (bicyclic) bond motifs is 2. The summed E-state index contributed by atoms with van der Waals surface area (Å²) in [5.41, 5.74) is 4.33. The number of anilines is 1. The predicted octanol–water partition coefficient (Wildman–Crippen LogP) is 6.89. The van der Waals surface area contributed by atoms with Crippen LogP contribution in [-0.2, 0) is 22.4 Å². The number of esters is 1. The van der Waals surface area contributed by atoms with Crippen LogP contribution in [0.1, 0.15) is 66.9 Å². The van der Waals surface area contributed by atoms with E-state index in [4.69, 9.17) is 4.74 Å². The van der Waals surface area contributed by atoms with Gasteiger partial charge in [-0.25, -0.2) is 9.78 Å². The van der Waals surface area contributed by atoms with Gasteiger partial charge >= 0.3 is 5.97 Å². The van der Waals surface area contributed by atoms with Gasteiger partial charge in [0.1, 0.15) is 16.9 Å². The number of benzene rings is 2. The van der Waals surface area contributed by atoms with Gasteiger partial charge < -0.3 is 15.0 Å². The number of nitrogens with one attached hydrogen (secondary N) is 2. The van der Waals surface area contributed by atoms with Gasteiger partial charge in [0.25, 0.3) is 5.91 Å². The molecule has 7 nitrogen and oxygen atoms in total. The molecule has 0 aliphatic heterocycles. The van der Waals surface area contributed by atoms with Gasteiger partial charge in [-0.3, -0.25) is 4.79 Å². The standard InChI is InChI=1S/C31H32N4O3S/c1-5-25(28(36)35-29-22(17-32)19-15-14-18(31(2,3)4)16-26(19)39-29)38-30(37)21-11-7-6-10-20(21)27-33-23-12-8-9-13-24(23)34-27/h6-13,18,25H,5,14-16H2,1-4H3,(H,33,34)(H,35,36). The molecular formula is C31H32N4O3S. The molecule has 2 aromatic carbocycles. The minimum absolute atomic E-state index is 0.179. The fraction of sp³-hybridized carbons (Fsp3) is 0.355. The van der Waals surface area contributed by atoms with Crippen LogP contribution in [0.25, 0.3) is 22.4 Å². The summed E-state index contributed by atoms with van der Waals surface area (Å²) >= 11 is 1.47. The van der Waals surface area contributed by atoms with Crippen molar-refractivity contribution >= 4 is 39.2 Å². The van der Waals surface area contributed by atoms with Crippen LogP contribution in [0.5, 0.6) is 0 Å². The molecular weight excluding hydrogens is 508 g/mol. The number of rotatable bonds is 6. The van der Waals surface area contributed by atoms with Gasteiger partial charge in [0.05, 0.1) is 22.2 Å². The highest BCUT2D eigenvalue weighted by Crippen LogP contribution is 2.44. The van der Waals surface area contributed by atoms with Gasteiger partial charge in [0, 0.05) is 10.4 Å². The van der Waals surface area contributed by atoms with Crippen LogP contribution in [0.15, 0.2) is 48.5 Å². The fourth-order valence-electron chi connectivity index (χ4n) is 5.19. The Morgan fingerprint density at radius 1 is 1.21 bits per heavy atom. The summed E-state index contributed by atoms with van der Waals surface area (Å²) in [6, 6.07) is 17.0. The van der Waals surface area contributed by atoms with Crippen molar-refractivity contribution in [3.8, 4) is 17.5 Å². The van der Waals surface area contributed by atoms with E-state index in [-0.39, 0.29) is 5.41 Å². The average molecular weight is 541 g/mol. The van der Waals surface area contributed by atoms with Crippen molar-refractivity contribution < 1.29 is 14.3 Å². The van der Waals surface area contributed by atoms with E-state index in [0.29, 0.717) is 39.9 Å². The van der Waals surface area contributed by atoms with Crippen molar-refractivity contribution in [3.63, 3.8) is 0 Å². The molecule has 2 unspecified atom stereocenters. The molecule has 2 heterocycles. The molecule has 39 heavy (non-hydrogen) atoms. The summed E-state index contributed by atoms with van der Waals surface area (Å²) in [6.07, 6.45) is 2.04. The molecule has 200 valence electrons. The number of hydrogen-bond donors (Lipinski definition) is 2. The number of carbonyl (C=O) groups excluding carboxylic acids is 2. The third kappa shape index (κ3) is 5.32. The minimum atomic E-state index is -1.01. The summed E-state index contributed by atoms with van der Waals surface area (Å²) in [7, 11) is 0. The number of amides is 1. The number of hydrogen-bond acceptors (Lipinski definition) is 6. The lowest BCUT2D eigenvalue weighted by molar-refractivity contribution is -0.124. The van der Waals surface area contributed by atoms with Gasteiger partial charge in [0.15, 0.2) is 6.10 Å². The highest BCUT2D eigenvalue weighted by Gasteiger charge is 2.33. The molecule has 0 spiro atoms. The molecule has 0 bridgehead atoms. The zero-order chi connectivity index (χ0) is 27.7. The summed E-state index contributed by atoms with van der Waals surface area (Å²) in [4.78, 5) is 35.6. The van der Waals surface area contributed by atoms with E-state index in [1.807, 2.05) is 30.3 Å². The Labute approximate surface area is 232 Å². The monoisotopic (exact) mass is 540 g/mol. The maximum atomic E-state index is 13.3. The maximum Gasteiger partial charge on any atom is 0.339 e. The van der Waals surface area contributed by atoms with Crippen molar-refractivity contribution in [2.75, 3.05) is 5.32 Å².